The molecule has 1 atom stereocenters. The second kappa shape index (κ2) is 6.81. The molecular formula is C17H25N3O4S. The third-order valence-corrected chi connectivity index (χ3v) is 8.50. The van der Waals surface area contributed by atoms with Crippen LogP contribution >= 0.6 is 0 Å². The normalized spacial score (nSPS) is 28.7. The monoisotopic (exact) mass is 367 g/mol. The summed E-state index contributed by atoms with van der Waals surface area (Å²) in [5.41, 5.74) is 0. The molecule has 0 bridgehead atoms. The van der Waals surface area contributed by atoms with E-state index in [0.717, 1.165) is 32.6 Å². The highest BCUT2D eigenvalue weighted by Crippen LogP contribution is 2.45. The molecule has 0 aliphatic carbocycles. The maximum absolute atomic E-state index is 12.7. The maximum Gasteiger partial charge on any atom is 0.316 e. The van der Waals surface area contributed by atoms with E-state index in [2.05, 4.69) is 14.9 Å². The molecule has 4 rings (SSSR count). The Morgan fingerprint density at radius 1 is 1.20 bits per heavy atom. The number of rotatable bonds is 5. The van der Waals surface area contributed by atoms with E-state index in [9.17, 15) is 8.42 Å². The summed E-state index contributed by atoms with van der Waals surface area (Å²) in [5, 5.41) is 0. The van der Waals surface area contributed by atoms with Crippen molar-refractivity contribution in [2.45, 2.75) is 24.0 Å². The van der Waals surface area contributed by atoms with Gasteiger partial charge in [0.25, 0.3) is 0 Å². The van der Waals surface area contributed by atoms with Crippen LogP contribution in [0.25, 0.3) is 0 Å². The average molecular weight is 367 g/mol. The lowest BCUT2D eigenvalue weighted by Gasteiger charge is -2.51. The van der Waals surface area contributed by atoms with Crippen LogP contribution in [-0.4, -0.2) is 73.2 Å². The molecule has 0 radical (unpaired) electrons. The Labute approximate surface area is 148 Å². The Morgan fingerprint density at radius 2 is 1.92 bits per heavy atom. The number of ether oxygens (including phenoxy) is 2. The zero-order valence-electron chi connectivity index (χ0n) is 14.3. The summed E-state index contributed by atoms with van der Waals surface area (Å²) in [7, 11) is -3.06. The SMILES string of the molecule is O=S1(=O)CCC(COc2ncccn2)C12CN(CC1CCOCC1)C2. The molecule has 1 unspecified atom stereocenters. The number of hydrogen-bond acceptors (Lipinski definition) is 7. The number of sulfone groups is 1. The van der Waals surface area contributed by atoms with Gasteiger partial charge in [-0.25, -0.2) is 18.4 Å². The Hall–Kier alpha value is -1.25. The fourth-order valence-corrected chi connectivity index (χ4v) is 6.83. The first-order chi connectivity index (χ1) is 12.1. The van der Waals surface area contributed by atoms with Gasteiger partial charge in [-0.15, -0.1) is 0 Å². The van der Waals surface area contributed by atoms with Crippen molar-refractivity contribution in [3.8, 4) is 6.01 Å². The fourth-order valence-electron chi connectivity index (χ4n) is 4.38. The lowest BCUT2D eigenvalue weighted by Crippen LogP contribution is -2.68. The second-order valence-corrected chi connectivity index (χ2v) is 9.89. The molecule has 0 N–H and O–H groups in total. The van der Waals surface area contributed by atoms with Gasteiger partial charge in [-0.2, -0.15) is 0 Å². The molecule has 3 aliphatic rings. The fraction of sp³-hybridized carbons (Fsp3) is 0.765. The minimum Gasteiger partial charge on any atom is -0.463 e. The zero-order chi connectivity index (χ0) is 17.3. The molecule has 7 nitrogen and oxygen atoms in total. The van der Waals surface area contributed by atoms with Crippen LogP contribution < -0.4 is 4.74 Å². The number of hydrogen-bond donors (Lipinski definition) is 0. The highest BCUT2D eigenvalue weighted by molar-refractivity contribution is 7.93. The lowest BCUT2D eigenvalue weighted by molar-refractivity contribution is 0.0158. The van der Waals surface area contributed by atoms with Crippen molar-refractivity contribution in [3.63, 3.8) is 0 Å². The highest BCUT2D eigenvalue weighted by atomic mass is 32.2. The Kier molecular flexibility index (Phi) is 4.68. The standard InChI is InChI=1S/C17H25N3O4S/c21-25(22)9-4-15(11-24-16-18-5-1-6-19-16)17(25)12-20(13-17)10-14-2-7-23-8-3-14/h1,5-6,14-15H,2-4,7-13H2. The van der Waals surface area contributed by atoms with Gasteiger partial charge in [0.2, 0.25) is 0 Å². The van der Waals surface area contributed by atoms with Gasteiger partial charge in [-0.05, 0) is 31.2 Å². The van der Waals surface area contributed by atoms with E-state index in [1.54, 1.807) is 18.5 Å². The van der Waals surface area contributed by atoms with Crippen LogP contribution in [0.15, 0.2) is 18.5 Å². The van der Waals surface area contributed by atoms with Gasteiger partial charge in [0, 0.05) is 51.2 Å². The molecule has 25 heavy (non-hydrogen) atoms. The first-order valence-electron chi connectivity index (χ1n) is 9.01. The van der Waals surface area contributed by atoms with E-state index in [1.807, 2.05) is 0 Å². The molecule has 0 amide bonds. The molecule has 3 aliphatic heterocycles. The Morgan fingerprint density at radius 3 is 2.64 bits per heavy atom. The first-order valence-corrected chi connectivity index (χ1v) is 10.7. The number of nitrogens with zero attached hydrogens (tertiary/aromatic N) is 3. The van der Waals surface area contributed by atoms with Gasteiger partial charge in [0.15, 0.2) is 9.84 Å². The van der Waals surface area contributed by atoms with Crippen molar-refractivity contribution in [2.24, 2.45) is 11.8 Å². The van der Waals surface area contributed by atoms with E-state index in [0.29, 0.717) is 38.0 Å². The summed E-state index contributed by atoms with van der Waals surface area (Å²) in [4.78, 5) is 10.4. The minimum absolute atomic E-state index is 0.0206. The van der Waals surface area contributed by atoms with Gasteiger partial charge in [0.1, 0.15) is 4.75 Å². The molecule has 3 saturated heterocycles. The first kappa shape index (κ1) is 17.2. The summed E-state index contributed by atoms with van der Waals surface area (Å²) in [5.74, 6) is 0.914. The topological polar surface area (TPSA) is 81.6 Å². The molecule has 3 fully saturated rings. The van der Waals surface area contributed by atoms with Crippen molar-refractivity contribution in [1.29, 1.82) is 0 Å². The predicted octanol–water partition coefficient (Wildman–Crippen LogP) is 0.771. The predicted molar refractivity (Wildman–Crippen MR) is 92.1 cm³/mol. The number of aromatic nitrogens is 2. The quantitative estimate of drug-likeness (QED) is 0.760. The van der Waals surface area contributed by atoms with Crippen LogP contribution in [0.5, 0.6) is 6.01 Å². The number of likely N-dealkylation sites (tertiary alicyclic amines) is 1. The van der Waals surface area contributed by atoms with Crippen molar-refractivity contribution in [1.82, 2.24) is 14.9 Å². The molecule has 4 heterocycles. The van der Waals surface area contributed by atoms with Crippen LogP contribution in [0.3, 0.4) is 0 Å². The molecule has 1 aromatic heterocycles. The molecule has 138 valence electrons. The Balaban J connectivity index is 1.38. The van der Waals surface area contributed by atoms with Crippen molar-refractivity contribution in [2.75, 3.05) is 45.2 Å². The third kappa shape index (κ3) is 3.27. The lowest BCUT2D eigenvalue weighted by atomic mass is 9.82. The van der Waals surface area contributed by atoms with Crippen LogP contribution in [0.1, 0.15) is 19.3 Å². The molecular weight excluding hydrogens is 342 g/mol. The van der Waals surface area contributed by atoms with Crippen LogP contribution in [0.4, 0.5) is 0 Å². The van der Waals surface area contributed by atoms with Crippen molar-refractivity contribution >= 4 is 9.84 Å². The third-order valence-electron chi connectivity index (χ3n) is 5.89. The van der Waals surface area contributed by atoms with Gasteiger partial charge in [-0.3, -0.25) is 4.90 Å². The highest BCUT2D eigenvalue weighted by Gasteiger charge is 2.61. The Bertz CT molecular complexity index is 685. The van der Waals surface area contributed by atoms with Crippen LogP contribution in [0, 0.1) is 11.8 Å². The van der Waals surface area contributed by atoms with Crippen LogP contribution in [0.2, 0.25) is 0 Å². The summed E-state index contributed by atoms with van der Waals surface area (Å²) >= 11 is 0. The molecule has 8 heteroatoms. The van der Waals surface area contributed by atoms with Crippen molar-refractivity contribution < 1.29 is 17.9 Å². The molecule has 1 spiro atoms. The van der Waals surface area contributed by atoms with E-state index in [-0.39, 0.29) is 11.7 Å². The van der Waals surface area contributed by atoms with Crippen LogP contribution in [-0.2, 0) is 14.6 Å². The van der Waals surface area contributed by atoms with E-state index in [1.165, 1.54) is 0 Å². The van der Waals surface area contributed by atoms with E-state index in [4.69, 9.17) is 9.47 Å². The summed E-state index contributed by atoms with van der Waals surface area (Å²) < 4.78 is 35.8. The minimum atomic E-state index is -3.06. The van der Waals surface area contributed by atoms with E-state index < -0.39 is 14.6 Å². The van der Waals surface area contributed by atoms with Gasteiger partial charge in [0.05, 0.1) is 12.4 Å². The van der Waals surface area contributed by atoms with E-state index >= 15 is 0 Å². The average Bonchev–Trinajstić information content (AvgIpc) is 2.86. The largest absolute Gasteiger partial charge is 0.463 e. The zero-order valence-corrected chi connectivity index (χ0v) is 15.2. The molecule has 1 aromatic rings. The summed E-state index contributed by atoms with van der Waals surface area (Å²) in [6, 6.07) is 2.05. The molecule has 0 saturated carbocycles. The smallest absolute Gasteiger partial charge is 0.316 e. The molecule has 0 aromatic carbocycles. The van der Waals surface area contributed by atoms with Crippen molar-refractivity contribution in [3.05, 3.63) is 18.5 Å². The van der Waals surface area contributed by atoms with Gasteiger partial charge < -0.3 is 9.47 Å². The van der Waals surface area contributed by atoms with Gasteiger partial charge >= 0.3 is 6.01 Å². The maximum atomic E-state index is 12.7. The van der Waals surface area contributed by atoms with Gasteiger partial charge in [-0.1, -0.05) is 0 Å². The second-order valence-electron chi connectivity index (χ2n) is 7.44. The summed E-state index contributed by atoms with van der Waals surface area (Å²) in [6.07, 6.45) is 6.08. The summed E-state index contributed by atoms with van der Waals surface area (Å²) in [6.45, 7) is 4.28.